The summed E-state index contributed by atoms with van der Waals surface area (Å²) in [6, 6.07) is 3.01. The van der Waals surface area contributed by atoms with E-state index in [0.717, 1.165) is 23.9 Å². The number of hydrogen-bond donors (Lipinski definition) is 2. The number of alkyl halides is 3. The van der Waals surface area contributed by atoms with Crippen LogP contribution in [-0.4, -0.2) is 35.5 Å². The molecule has 1 amide bonds. The number of anilines is 2. The molecule has 2 rings (SSSR count). The Morgan fingerprint density at radius 3 is 2.73 bits per heavy atom. The molecule has 1 aromatic carbocycles. The molecule has 0 aliphatic heterocycles. The van der Waals surface area contributed by atoms with Gasteiger partial charge in [-0.25, -0.2) is 0 Å². The lowest BCUT2D eigenvalue weighted by molar-refractivity contribution is -0.137. The van der Waals surface area contributed by atoms with Crippen molar-refractivity contribution in [3.8, 4) is 5.75 Å². The number of thioether (sulfide) groups is 1. The smallest absolute Gasteiger partial charge is 0.416 e. The van der Waals surface area contributed by atoms with Crippen LogP contribution in [0.25, 0.3) is 0 Å². The van der Waals surface area contributed by atoms with Crippen molar-refractivity contribution in [1.82, 2.24) is 10.2 Å². The van der Waals surface area contributed by atoms with Crippen molar-refractivity contribution >= 4 is 39.8 Å². The molecule has 2 N–H and O–H groups in total. The molecule has 1 heterocycles. The second-order valence-corrected chi connectivity index (χ2v) is 7.22. The molecule has 142 valence electrons. The maximum absolute atomic E-state index is 12.9. The Morgan fingerprint density at radius 1 is 1.35 bits per heavy atom. The van der Waals surface area contributed by atoms with E-state index < -0.39 is 17.6 Å². The molecular weight excluding hydrogens is 389 g/mol. The van der Waals surface area contributed by atoms with Gasteiger partial charge in [-0.05, 0) is 24.6 Å². The molecular formula is C15H17F3N4O2S2. The number of hydrogen-bond acceptors (Lipinski definition) is 7. The lowest BCUT2D eigenvalue weighted by Crippen LogP contribution is -2.16. The summed E-state index contributed by atoms with van der Waals surface area (Å²) < 4.78 is 44.7. The highest BCUT2D eigenvalue weighted by atomic mass is 32.2. The number of carbonyl (C=O) groups excluding carboxylic acids is 1. The summed E-state index contributed by atoms with van der Waals surface area (Å²) in [4.78, 5) is 12.1. The van der Waals surface area contributed by atoms with Gasteiger partial charge in [-0.15, -0.1) is 10.2 Å². The van der Waals surface area contributed by atoms with Gasteiger partial charge in [0.25, 0.3) is 0 Å². The minimum absolute atomic E-state index is 0.00736. The lowest BCUT2D eigenvalue weighted by Gasteiger charge is -2.15. The van der Waals surface area contributed by atoms with Gasteiger partial charge in [-0.3, -0.25) is 4.79 Å². The molecule has 0 saturated carbocycles. The van der Waals surface area contributed by atoms with Crippen LogP contribution in [0.5, 0.6) is 5.75 Å². The Bertz CT molecular complexity index is 753. The summed E-state index contributed by atoms with van der Waals surface area (Å²) in [6.07, 6.45) is -3.82. The van der Waals surface area contributed by atoms with E-state index >= 15 is 0 Å². The second-order valence-electron chi connectivity index (χ2n) is 5.02. The minimum atomic E-state index is -4.51. The first-order valence-electron chi connectivity index (χ1n) is 7.61. The maximum atomic E-state index is 12.9. The fourth-order valence-corrected chi connectivity index (χ4v) is 3.33. The van der Waals surface area contributed by atoms with Gasteiger partial charge in [0.15, 0.2) is 4.34 Å². The van der Waals surface area contributed by atoms with Crippen molar-refractivity contribution in [3.63, 3.8) is 0 Å². The molecule has 1 aromatic heterocycles. The van der Waals surface area contributed by atoms with Crippen LogP contribution in [0.3, 0.4) is 0 Å². The Balaban J connectivity index is 2.07. The van der Waals surface area contributed by atoms with Crippen LogP contribution in [0, 0.1) is 0 Å². The molecule has 0 fully saturated rings. The van der Waals surface area contributed by atoms with E-state index in [1.807, 2.05) is 6.92 Å². The monoisotopic (exact) mass is 406 g/mol. The van der Waals surface area contributed by atoms with Gasteiger partial charge in [0, 0.05) is 7.05 Å². The van der Waals surface area contributed by atoms with Gasteiger partial charge in [0.05, 0.1) is 23.6 Å². The molecule has 0 atom stereocenters. The number of benzene rings is 1. The van der Waals surface area contributed by atoms with Crippen LogP contribution in [0.1, 0.15) is 18.9 Å². The van der Waals surface area contributed by atoms with Gasteiger partial charge >= 0.3 is 6.18 Å². The average molecular weight is 406 g/mol. The predicted octanol–water partition coefficient (Wildman–Crippen LogP) is 4.12. The van der Waals surface area contributed by atoms with E-state index in [0.29, 0.717) is 22.5 Å². The highest BCUT2D eigenvalue weighted by Crippen LogP contribution is 2.35. The summed E-state index contributed by atoms with van der Waals surface area (Å²) >= 11 is 2.42. The first-order valence-corrected chi connectivity index (χ1v) is 9.41. The van der Waals surface area contributed by atoms with Crippen molar-refractivity contribution in [1.29, 1.82) is 0 Å². The molecule has 0 aliphatic carbocycles. The number of nitrogens with one attached hydrogen (secondary N) is 2. The zero-order valence-corrected chi connectivity index (χ0v) is 15.6. The van der Waals surface area contributed by atoms with Crippen molar-refractivity contribution in [2.75, 3.05) is 30.0 Å². The van der Waals surface area contributed by atoms with Crippen LogP contribution in [0.2, 0.25) is 0 Å². The number of aromatic nitrogens is 2. The summed E-state index contributed by atoms with van der Waals surface area (Å²) in [5.74, 6) is -0.273. The molecule has 11 heteroatoms. The quantitative estimate of drug-likeness (QED) is 0.643. The number of ether oxygens (including phenoxy) is 1. The third-order valence-corrected chi connectivity index (χ3v) is 5.06. The Kier molecular flexibility index (Phi) is 7.09. The van der Waals surface area contributed by atoms with Crippen LogP contribution in [0.4, 0.5) is 24.0 Å². The number of nitrogens with zero attached hydrogens (tertiary/aromatic N) is 2. The maximum Gasteiger partial charge on any atom is 0.416 e. The Hall–Kier alpha value is -2.01. The largest absolute Gasteiger partial charge is 0.491 e. The topological polar surface area (TPSA) is 76.1 Å². The minimum Gasteiger partial charge on any atom is -0.491 e. The molecule has 0 aliphatic rings. The Labute approximate surface area is 156 Å². The SMILES string of the molecule is CCCOc1ccc(C(F)(F)F)cc1NC(=O)CSc1nnc(NC)s1. The van der Waals surface area contributed by atoms with Crippen LogP contribution in [-0.2, 0) is 11.0 Å². The standard InChI is InChI=1S/C15H17F3N4O2S2/c1-3-6-24-11-5-4-9(15(16,17)18)7-10(11)20-12(23)8-25-14-22-21-13(19-2)26-14/h4-5,7H,3,6,8H2,1-2H3,(H,19,21)(H,20,23). The lowest BCUT2D eigenvalue weighted by atomic mass is 10.1. The van der Waals surface area contributed by atoms with Crippen molar-refractivity contribution in [2.24, 2.45) is 0 Å². The van der Waals surface area contributed by atoms with Gasteiger partial charge < -0.3 is 15.4 Å². The summed E-state index contributed by atoms with van der Waals surface area (Å²) in [5, 5.41) is 13.7. The van der Waals surface area contributed by atoms with Gasteiger partial charge in [-0.1, -0.05) is 30.0 Å². The molecule has 0 bridgehead atoms. The first kappa shape index (κ1) is 20.3. The van der Waals surface area contributed by atoms with E-state index in [1.165, 1.54) is 17.4 Å². The predicted molar refractivity (Wildman–Crippen MR) is 96.0 cm³/mol. The van der Waals surface area contributed by atoms with Gasteiger partial charge in [0.2, 0.25) is 11.0 Å². The number of amides is 1. The summed E-state index contributed by atoms with van der Waals surface area (Å²) in [5.41, 5.74) is -0.862. The molecule has 0 spiro atoms. The average Bonchev–Trinajstić information content (AvgIpc) is 3.06. The van der Waals surface area contributed by atoms with E-state index in [1.54, 1.807) is 7.05 Å². The van der Waals surface area contributed by atoms with Crippen LogP contribution in [0.15, 0.2) is 22.5 Å². The fraction of sp³-hybridized carbons (Fsp3) is 0.400. The van der Waals surface area contributed by atoms with E-state index in [4.69, 9.17) is 4.74 Å². The third kappa shape index (κ3) is 5.77. The van der Waals surface area contributed by atoms with Gasteiger partial charge in [0.1, 0.15) is 5.75 Å². The summed E-state index contributed by atoms with van der Waals surface area (Å²) in [6.45, 7) is 2.21. The van der Waals surface area contributed by atoms with Gasteiger partial charge in [-0.2, -0.15) is 13.2 Å². The van der Waals surface area contributed by atoms with Crippen molar-refractivity contribution < 1.29 is 22.7 Å². The van der Waals surface area contributed by atoms with Crippen molar-refractivity contribution in [3.05, 3.63) is 23.8 Å². The molecule has 6 nitrogen and oxygen atoms in total. The van der Waals surface area contributed by atoms with E-state index in [2.05, 4.69) is 20.8 Å². The third-order valence-electron chi connectivity index (χ3n) is 2.99. The number of rotatable bonds is 8. The van der Waals surface area contributed by atoms with Crippen LogP contribution < -0.4 is 15.4 Å². The second kappa shape index (κ2) is 9.08. The number of carbonyl (C=O) groups is 1. The normalized spacial score (nSPS) is 11.3. The highest BCUT2D eigenvalue weighted by Gasteiger charge is 2.31. The van der Waals surface area contributed by atoms with Crippen LogP contribution >= 0.6 is 23.1 Å². The molecule has 26 heavy (non-hydrogen) atoms. The Morgan fingerprint density at radius 2 is 2.12 bits per heavy atom. The molecule has 0 radical (unpaired) electrons. The van der Waals surface area contributed by atoms with E-state index in [9.17, 15) is 18.0 Å². The zero-order chi connectivity index (χ0) is 19.2. The fourth-order valence-electron chi connectivity index (χ4n) is 1.82. The number of halogens is 3. The molecule has 2 aromatic rings. The zero-order valence-electron chi connectivity index (χ0n) is 14.0. The van der Waals surface area contributed by atoms with Crippen molar-refractivity contribution in [2.45, 2.75) is 23.9 Å². The van der Waals surface area contributed by atoms with E-state index in [-0.39, 0.29) is 17.2 Å². The molecule has 0 unspecified atom stereocenters. The highest BCUT2D eigenvalue weighted by molar-refractivity contribution is 8.01. The molecule has 0 saturated heterocycles. The first-order chi connectivity index (χ1) is 12.3. The summed E-state index contributed by atoms with van der Waals surface area (Å²) in [7, 11) is 1.70.